The third-order valence-electron chi connectivity index (χ3n) is 4.73. The summed E-state index contributed by atoms with van der Waals surface area (Å²) in [6.07, 6.45) is 0.194. The molecule has 1 heterocycles. The Bertz CT molecular complexity index is 1440. The second-order valence-electron chi connectivity index (χ2n) is 7.49. The van der Waals surface area contributed by atoms with Crippen molar-refractivity contribution in [1.82, 2.24) is 9.55 Å². The van der Waals surface area contributed by atoms with E-state index in [0.717, 1.165) is 17.3 Å². The van der Waals surface area contributed by atoms with E-state index < -0.39 is 22.8 Å². The molecule has 4 aromatic rings. The number of anilines is 1. The number of nitrogens with zero attached hydrogens (tertiary/aromatic N) is 2. The molecule has 0 spiro atoms. The number of nitrogens with one attached hydrogen (secondary N) is 1. The molecule has 0 aliphatic heterocycles. The molecule has 0 saturated heterocycles. The fourth-order valence-corrected chi connectivity index (χ4v) is 3.95. The molecule has 0 bridgehead atoms. The molecule has 0 radical (unpaired) electrons. The van der Waals surface area contributed by atoms with Crippen molar-refractivity contribution in [3.8, 4) is 11.4 Å². The molecule has 0 aliphatic rings. The van der Waals surface area contributed by atoms with E-state index in [-0.39, 0.29) is 5.75 Å². The highest BCUT2D eigenvalue weighted by molar-refractivity contribution is 7.92. The van der Waals surface area contributed by atoms with Crippen LogP contribution in [0.15, 0.2) is 72.8 Å². The van der Waals surface area contributed by atoms with Crippen LogP contribution in [0.3, 0.4) is 0 Å². The highest BCUT2D eigenvalue weighted by atomic mass is 32.2. The molecule has 0 amide bonds. The summed E-state index contributed by atoms with van der Waals surface area (Å²) in [7, 11) is -3.51. The second-order valence-corrected chi connectivity index (χ2v) is 9.24. The van der Waals surface area contributed by atoms with Crippen molar-refractivity contribution in [3.63, 3.8) is 0 Å². The smallest absolute Gasteiger partial charge is 0.422 e. The summed E-state index contributed by atoms with van der Waals surface area (Å²) in [6.45, 7) is -1.35. The molecule has 3 aromatic carbocycles. The molecule has 176 valence electrons. The summed E-state index contributed by atoms with van der Waals surface area (Å²) < 4.78 is 69.9. The minimum Gasteiger partial charge on any atom is -0.484 e. The van der Waals surface area contributed by atoms with E-state index in [0.29, 0.717) is 22.7 Å². The minimum absolute atomic E-state index is 0.113. The second kappa shape index (κ2) is 9.22. The van der Waals surface area contributed by atoms with Crippen LogP contribution in [0.2, 0.25) is 0 Å². The van der Waals surface area contributed by atoms with Crippen molar-refractivity contribution >= 4 is 38.9 Å². The lowest BCUT2D eigenvalue weighted by molar-refractivity contribution is -0.153. The first-order valence-electron chi connectivity index (χ1n) is 10.1. The Balaban J connectivity index is 1.70. The van der Waals surface area contributed by atoms with Crippen molar-refractivity contribution in [2.24, 2.45) is 0 Å². The normalized spacial score (nSPS) is 12.4. The number of alkyl halides is 3. The molecular weight excluding hydrogens is 467 g/mol. The van der Waals surface area contributed by atoms with E-state index in [1.807, 2.05) is 28.8 Å². The lowest BCUT2D eigenvalue weighted by Crippen LogP contribution is -2.19. The zero-order chi connectivity index (χ0) is 24.3. The number of sulfonamides is 1. The zero-order valence-corrected chi connectivity index (χ0v) is 18.8. The lowest BCUT2D eigenvalue weighted by atomic mass is 10.2. The van der Waals surface area contributed by atoms with Crippen LogP contribution >= 0.6 is 0 Å². The number of fused-ring (bicyclic) bond motifs is 1. The lowest BCUT2D eigenvalue weighted by Gasteiger charge is -2.14. The zero-order valence-electron chi connectivity index (χ0n) is 18.0. The van der Waals surface area contributed by atoms with E-state index in [4.69, 9.17) is 4.74 Å². The first kappa shape index (κ1) is 23.4. The van der Waals surface area contributed by atoms with E-state index >= 15 is 0 Å². The molecule has 1 N–H and O–H groups in total. The van der Waals surface area contributed by atoms with E-state index in [9.17, 15) is 21.6 Å². The van der Waals surface area contributed by atoms with Gasteiger partial charge in [0.1, 0.15) is 11.6 Å². The Morgan fingerprint density at radius 2 is 1.65 bits per heavy atom. The Labute approximate surface area is 194 Å². The van der Waals surface area contributed by atoms with E-state index in [1.54, 1.807) is 48.6 Å². The third kappa shape index (κ3) is 5.76. The predicted molar refractivity (Wildman–Crippen MR) is 126 cm³/mol. The molecule has 0 saturated carbocycles. The average Bonchev–Trinajstić information content (AvgIpc) is 3.14. The van der Waals surface area contributed by atoms with Gasteiger partial charge in [0.25, 0.3) is 0 Å². The van der Waals surface area contributed by atoms with Crippen molar-refractivity contribution in [2.75, 3.05) is 17.6 Å². The van der Waals surface area contributed by atoms with Gasteiger partial charge in [0.15, 0.2) is 6.61 Å². The Kier molecular flexibility index (Phi) is 6.34. The van der Waals surface area contributed by atoms with E-state index in [1.165, 1.54) is 12.1 Å². The summed E-state index contributed by atoms with van der Waals surface area (Å²) in [5, 5.41) is 0. The maximum atomic E-state index is 12.3. The van der Waals surface area contributed by atoms with Crippen molar-refractivity contribution < 1.29 is 26.3 Å². The first-order chi connectivity index (χ1) is 16.1. The molecule has 1 aromatic heterocycles. The maximum Gasteiger partial charge on any atom is 0.422 e. The van der Waals surface area contributed by atoms with Gasteiger partial charge in [0.05, 0.1) is 28.7 Å². The van der Waals surface area contributed by atoms with Gasteiger partial charge in [-0.05, 0) is 48.0 Å². The van der Waals surface area contributed by atoms with Gasteiger partial charge in [0, 0.05) is 0 Å². The topological polar surface area (TPSA) is 73.2 Å². The number of aromatic nitrogens is 2. The van der Waals surface area contributed by atoms with Gasteiger partial charge in [0.2, 0.25) is 10.0 Å². The van der Waals surface area contributed by atoms with Crippen LogP contribution in [-0.2, 0) is 10.0 Å². The molecule has 0 atom stereocenters. The van der Waals surface area contributed by atoms with Gasteiger partial charge < -0.3 is 4.74 Å². The van der Waals surface area contributed by atoms with Crippen LogP contribution in [0.1, 0.15) is 11.4 Å². The Hall–Kier alpha value is -3.79. The highest BCUT2D eigenvalue weighted by Crippen LogP contribution is 2.28. The third-order valence-corrected chi connectivity index (χ3v) is 5.33. The van der Waals surface area contributed by atoms with Gasteiger partial charge in [-0.2, -0.15) is 13.2 Å². The standard InChI is InChI=1S/C24H20F3N3O3S/c1-34(31,32)29-20-7-3-5-9-22(20)30-21-8-4-2-6-19(21)28-23(30)15-12-17-10-13-18(14-11-17)33-16-24(25,26)27/h2-15,29H,16H2,1H3/b15-12+. The summed E-state index contributed by atoms with van der Waals surface area (Å²) in [6, 6.07) is 20.6. The van der Waals surface area contributed by atoms with Crippen LogP contribution < -0.4 is 9.46 Å². The molecule has 0 aliphatic carbocycles. The van der Waals surface area contributed by atoms with Crippen LogP contribution in [0.5, 0.6) is 5.75 Å². The monoisotopic (exact) mass is 487 g/mol. The SMILES string of the molecule is CS(=O)(=O)Nc1ccccc1-n1c(/C=C/c2ccc(OCC(F)(F)F)cc2)nc2ccccc21. The number of rotatable bonds is 7. The number of ether oxygens (including phenoxy) is 1. The largest absolute Gasteiger partial charge is 0.484 e. The molecule has 6 nitrogen and oxygen atoms in total. The molecule has 10 heteroatoms. The van der Waals surface area contributed by atoms with Crippen LogP contribution in [0.4, 0.5) is 18.9 Å². The van der Waals surface area contributed by atoms with Gasteiger partial charge in [-0.25, -0.2) is 13.4 Å². The van der Waals surface area contributed by atoms with Gasteiger partial charge in [-0.3, -0.25) is 9.29 Å². The quantitative estimate of drug-likeness (QED) is 0.373. The minimum atomic E-state index is -4.40. The number of halogens is 3. The Morgan fingerprint density at radius 3 is 2.35 bits per heavy atom. The summed E-state index contributed by atoms with van der Waals surface area (Å²) >= 11 is 0. The summed E-state index contributed by atoms with van der Waals surface area (Å²) in [5.41, 5.74) is 3.21. The summed E-state index contributed by atoms with van der Waals surface area (Å²) in [4.78, 5) is 4.66. The molecular formula is C24H20F3N3O3S. The molecule has 4 rings (SSSR count). The van der Waals surface area contributed by atoms with E-state index in [2.05, 4.69) is 9.71 Å². The van der Waals surface area contributed by atoms with Gasteiger partial charge >= 0.3 is 6.18 Å². The van der Waals surface area contributed by atoms with Gasteiger partial charge in [-0.1, -0.05) is 42.5 Å². The fourth-order valence-electron chi connectivity index (χ4n) is 3.38. The number of benzene rings is 3. The summed E-state index contributed by atoms with van der Waals surface area (Å²) in [5.74, 6) is 0.656. The molecule has 0 fully saturated rings. The van der Waals surface area contributed by atoms with Crippen molar-refractivity contribution in [1.29, 1.82) is 0 Å². The number of imidazole rings is 1. The number of para-hydroxylation sites is 4. The van der Waals surface area contributed by atoms with Crippen molar-refractivity contribution in [2.45, 2.75) is 6.18 Å². The van der Waals surface area contributed by atoms with Crippen LogP contribution in [0.25, 0.3) is 28.9 Å². The highest BCUT2D eigenvalue weighted by Gasteiger charge is 2.28. The van der Waals surface area contributed by atoms with Crippen molar-refractivity contribution in [3.05, 3.63) is 84.2 Å². The van der Waals surface area contributed by atoms with Crippen LogP contribution in [0, 0.1) is 0 Å². The Morgan fingerprint density at radius 1 is 0.971 bits per heavy atom. The van der Waals surface area contributed by atoms with Gasteiger partial charge in [-0.15, -0.1) is 0 Å². The molecule has 0 unspecified atom stereocenters. The first-order valence-corrected chi connectivity index (χ1v) is 12.0. The predicted octanol–water partition coefficient (Wildman–Crippen LogP) is 5.51. The average molecular weight is 488 g/mol. The fraction of sp³-hybridized carbons (Fsp3) is 0.125. The number of hydrogen-bond acceptors (Lipinski definition) is 4. The van der Waals surface area contributed by atoms with Crippen LogP contribution in [-0.4, -0.2) is 37.0 Å². The maximum absolute atomic E-state index is 12.3. The molecule has 34 heavy (non-hydrogen) atoms. The number of hydrogen-bond donors (Lipinski definition) is 1.